The van der Waals surface area contributed by atoms with Crippen LogP contribution in [0.4, 0.5) is 28.4 Å². The number of para-hydroxylation sites is 1. The maximum atomic E-state index is 14.8. The van der Waals surface area contributed by atoms with E-state index in [1.165, 1.54) is 6.20 Å². The molecule has 5 rings (SSSR count). The Bertz CT molecular complexity index is 1610. The lowest BCUT2D eigenvalue weighted by atomic mass is 10.1. The largest absolute Gasteiger partial charge is 0.489 e. The number of rotatable bonds is 11. The number of thiazole rings is 1. The number of pyridine rings is 1. The second-order valence-electron chi connectivity index (χ2n) is 9.37. The van der Waals surface area contributed by atoms with E-state index in [0.29, 0.717) is 36.3 Å². The van der Waals surface area contributed by atoms with Gasteiger partial charge in [0.2, 0.25) is 5.88 Å². The molecule has 2 aromatic heterocycles. The Morgan fingerprint density at radius 2 is 1.64 bits per heavy atom. The Balaban J connectivity index is 1.38. The molecule has 3 aromatic carbocycles. The Morgan fingerprint density at radius 3 is 2.38 bits per heavy atom. The van der Waals surface area contributed by atoms with Crippen LogP contribution in [-0.4, -0.2) is 9.97 Å². The first-order valence-electron chi connectivity index (χ1n) is 13.3. The van der Waals surface area contributed by atoms with Crippen LogP contribution in [0.1, 0.15) is 42.8 Å². The second-order valence-corrected chi connectivity index (χ2v) is 10.4. The highest BCUT2D eigenvalue weighted by atomic mass is 32.1. The van der Waals surface area contributed by atoms with Crippen molar-refractivity contribution in [2.45, 2.75) is 38.7 Å². The van der Waals surface area contributed by atoms with Gasteiger partial charge in [-0.2, -0.15) is 13.2 Å². The molecule has 0 amide bonds. The standard InChI is InChI=1S/C32H27F4N3O2S/c1-2-9-25(33)24-12-6-7-14-27(24)41-30-26(13-8-19-37-30)38-31-39-29(32(34,35)36)28(42-31)22-15-17-23(18-16-22)40-20-21-10-4-3-5-11-21/h3-8,10-19,25H,2,9,20H2,1H3,(H,38,39). The molecular weight excluding hydrogens is 566 g/mol. The monoisotopic (exact) mass is 593 g/mol. The summed E-state index contributed by atoms with van der Waals surface area (Å²) in [7, 11) is 0. The predicted octanol–water partition coefficient (Wildman–Crippen LogP) is 10.1. The number of alkyl halides is 4. The van der Waals surface area contributed by atoms with E-state index in [-0.39, 0.29) is 27.3 Å². The van der Waals surface area contributed by atoms with Crippen molar-refractivity contribution in [3.63, 3.8) is 0 Å². The molecule has 0 aliphatic carbocycles. The zero-order valence-corrected chi connectivity index (χ0v) is 23.4. The van der Waals surface area contributed by atoms with E-state index in [4.69, 9.17) is 9.47 Å². The molecule has 0 bridgehead atoms. The van der Waals surface area contributed by atoms with E-state index in [1.54, 1.807) is 60.7 Å². The number of halogens is 4. The van der Waals surface area contributed by atoms with E-state index in [9.17, 15) is 17.6 Å². The molecule has 10 heteroatoms. The molecule has 1 unspecified atom stereocenters. The number of hydrogen-bond donors (Lipinski definition) is 1. The van der Waals surface area contributed by atoms with Crippen molar-refractivity contribution in [3.05, 3.63) is 114 Å². The van der Waals surface area contributed by atoms with Crippen LogP contribution in [0.25, 0.3) is 10.4 Å². The summed E-state index contributed by atoms with van der Waals surface area (Å²) in [4.78, 5) is 8.07. The molecule has 2 heterocycles. The van der Waals surface area contributed by atoms with Crippen LogP contribution in [-0.2, 0) is 12.8 Å². The maximum absolute atomic E-state index is 14.8. The molecule has 0 radical (unpaired) electrons. The van der Waals surface area contributed by atoms with Crippen LogP contribution in [0.2, 0.25) is 0 Å². The van der Waals surface area contributed by atoms with E-state index in [0.717, 1.165) is 16.9 Å². The third kappa shape index (κ3) is 7.06. The van der Waals surface area contributed by atoms with E-state index in [2.05, 4.69) is 15.3 Å². The fraction of sp³-hybridized carbons (Fsp3) is 0.188. The minimum atomic E-state index is -4.68. The molecule has 0 aliphatic rings. The molecule has 0 aliphatic heterocycles. The van der Waals surface area contributed by atoms with Gasteiger partial charge >= 0.3 is 6.18 Å². The molecule has 42 heavy (non-hydrogen) atoms. The topological polar surface area (TPSA) is 56.3 Å². The van der Waals surface area contributed by atoms with Crippen LogP contribution >= 0.6 is 11.3 Å². The normalized spacial score (nSPS) is 12.1. The van der Waals surface area contributed by atoms with Crippen molar-refractivity contribution in [3.8, 4) is 27.8 Å². The van der Waals surface area contributed by atoms with Gasteiger partial charge in [-0.25, -0.2) is 14.4 Å². The molecule has 0 spiro atoms. The highest BCUT2D eigenvalue weighted by Gasteiger charge is 2.38. The summed E-state index contributed by atoms with van der Waals surface area (Å²) in [6.07, 6.45) is -3.44. The first kappa shape index (κ1) is 29.1. The number of anilines is 2. The number of ether oxygens (including phenoxy) is 2. The van der Waals surface area contributed by atoms with E-state index >= 15 is 0 Å². The van der Waals surface area contributed by atoms with Crippen LogP contribution in [0, 0.1) is 0 Å². The summed E-state index contributed by atoms with van der Waals surface area (Å²) in [5.74, 6) is 0.898. The minimum Gasteiger partial charge on any atom is -0.489 e. The van der Waals surface area contributed by atoms with Gasteiger partial charge < -0.3 is 14.8 Å². The van der Waals surface area contributed by atoms with Crippen LogP contribution in [0.3, 0.4) is 0 Å². The van der Waals surface area contributed by atoms with Crippen molar-refractivity contribution >= 4 is 22.2 Å². The van der Waals surface area contributed by atoms with E-state index in [1.807, 2.05) is 37.3 Å². The Morgan fingerprint density at radius 1 is 0.905 bits per heavy atom. The Labute approximate surface area is 244 Å². The third-order valence-electron chi connectivity index (χ3n) is 6.28. The summed E-state index contributed by atoms with van der Waals surface area (Å²) in [6, 6.07) is 25.9. The molecule has 0 saturated carbocycles. The minimum absolute atomic E-state index is 0.00205. The average molecular weight is 594 g/mol. The summed E-state index contributed by atoms with van der Waals surface area (Å²) in [5, 5.41) is 2.92. The zero-order chi connectivity index (χ0) is 29.5. The molecule has 1 N–H and O–H groups in total. The van der Waals surface area contributed by atoms with Crippen molar-refractivity contribution in [2.24, 2.45) is 0 Å². The van der Waals surface area contributed by atoms with Crippen LogP contribution in [0.5, 0.6) is 17.4 Å². The molecule has 216 valence electrons. The lowest BCUT2D eigenvalue weighted by Crippen LogP contribution is -2.07. The number of benzene rings is 3. The first-order valence-corrected chi connectivity index (χ1v) is 14.1. The summed E-state index contributed by atoms with van der Waals surface area (Å²) < 4.78 is 68.6. The van der Waals surface area contributed by atoms with Gasteiger partial charge in [0.1, 0.15) is 30.0 Å². The van der Waals surface area contributed by atoms with Gasteiger partial charge in [-0.05, 0) is 60.0 Å². The summed E-state index contributed by atoms with van der Waals surface area (Å²) in [6.45, 7) is 2.23. The zero-order valence-electron chi connectivity index (χ0n) is 22.6. The highest BCUT2D eigenvalue weighted by molar-refractivity contribution is 7.19. The van der Waals surface area contributed by atoms with Gasteiger partial charge in [0.25, 0.3) is 0 Å². The van der Waals surface area contributed by atoms with Gasteiger partial charge in [-0.1, -0.05) is 73.2 Å². The van der Waals surface area contributed by atoms with Crippen LogP contribution in [0.15, 0.2) is 97.2 Å². The van der Waals surface area contributed by atoms with Gasteiger partial charge in [0.05, 0.1) is 4.88 Å². The van der Waals surface area contributed by atoms with Gasteiger partial charge in [0.15, 0.2) is 10.8 Å². The lowest BCUT2D eigenvalue weighted by molar-refractivity contribution is -0.140. The van der Waals surface area contributed by atoms with Gasteiger partial charge in [0, 0.05) is 11.8 Å². The van der Waals surface area contributed by atoms with Gasteiger partial charge in [-0.15, -0.1) is 0 Å². The van der Waals surface area contributed by atoms with Crippen molar-refractivity contribution in [2.75, 3.05) is 5.32 Å². The number of nitrogens with one attached hydrogen (secondary N) is 1. The van der Waals surface area contributed by atoms with Crippen molar-refractivity contribution < 1.29 is 27.0 Å². The number of aromatic nitrogens is 2. The number of hydrogen-bond acceptors (Lipinski definition) is 6. The first-order chi connectivity index (χ1) is 20.3. The Hall–Kier alpha value is -4.44. The summed E-state index contributed by atoms with van der Waals surface area (Å²) >= 11 is 0.854. The fourth-order valence-electron chi connectivity index (χ4n) is 4.23. The SMILES string of the molecule is CCCC(F)c1ccccc1Oc1ncccc1Nc1nc(C(F)(F)F)c(-c2ccc(OCc3ccccc3)cc2)s1. The van der Waals surface area contributed by atoms with Crippen molar-refractivity contribution in [1.29, 1.82) is 0 Å². The maximum Gasteiger partial charge on any atom is 0.434 e. The van der Waals surface area contributed by atoms with Crippen molar-refractivity contribution in [1.82, 2.24) is 9.97 Å². The second kappa shape index (κ2) is 13.0. The average Bonchev–Trinajstić information content (AvgIpc) is 3.43. The Kier molecular flexibility index (Phi) is 9.02. The van der Waals surface area contributed by atoms with Gasteiger partial charge in [-0.3, -0.25) is 0 Å². The number of nitrogens with zero attached hydrogens (tertiary/aromatic N) is 2. The molecule has 5 nitrogen and oxygen atoms in total. The van der Waals surface area contributed by atoms with Crippen LogP contribution < -0.4 is 14.8 Å². The molecule has 0 saturated heterocycles. The third-order valence-corrected chi connectivity index (χ3v) is 7.30. The molecule has 0 fully saturated rings. The lowest BCUT2D eigenvalue weighted by Gasteiger charge is -2.15. The highest BCUT2D eigenvalue weighted by Crippen LogP contribution is 2.44. The fourth-order valence-corrected chi connectivity index (χ4v) is 5.24. The van der Waals surface area contributed by atoms with E-state index < -0.39 is 18.0 Å². The smallest absolute Gasteiger partial charge is 0.434 e. The predicted molar refractivity (Wildman–Crippen MR) is 156 cm³/mol. The molecule has 5 aromatic rings. The molecule has 1 atom stereocenters. The summed E-state index contributed by atoms with van der Waals surface area (Å²) in [5.41, 5.74) is 0.984. The quantitative estimate of drug-likeness (QED) is 0.154. The molecular formula is C32H27F4N3O2S.